The number of amides is 1. The number of nitrogens with one attached hydrogen (secondary N) is 1. The molecular weight excluding hydrogens is 423 g/mol. The molecule has 0 saturated carbocycles. The van der Waals surface area contributed by atoms with E-state index >= 15 is 0 Å². The van der Waals surface area contributed by atoms with Gasteiger partial charge in [0.25, 0.3) is 0 Å². The molecule has 0 aliphatic carbocycles. The van der Waals surface area contributed by atoms with Crippen LogP contribution in [0.4, 0.5) is 5.82 Å². The first-order valence-corrected chi connectivity index (χ1v) is 7.53. The van der Waals surface area contributed by atoms with Crippen LogP contribution in [-0.4, -0.2) is 20.7 Å². The number of carbonyl (C=O) groups excluding carboxylic acids is 1. The summed E-state index contributed by atoms with van der Waals surface area (Å²) in [7, 11) is 0. The SMILES string of the molecule is Cc1c(I)cnn1CCC(=O)Nc1ccc(Br)cn1. The van der Waals surface area contributed by atoms with Gasteiger partial charge in [-0.3, -0.25) is 9.48 Å². The lowest BCUT2D eigenvalue weighted by molar-refractivity contribution is -0.116. The highest BCUT2D eigenvalue weighted by Gasteiger charge is 2.07. The van der Waals surface area contributed by atoms with E-state index in [2.05, 4.69) is 53.9 Å². The molecule has 19 heavy (non-hydrogen) atoms. The maximum Gasteiger partial charge on any atom is 0.227 e. The van der Waals surface area contributed by atoms with E-state index in [0.29, 0.717) is 18.8 Å². The minimum absolute atomic E-state index is 0.0697. The average molecular weight is 435 g/mol. The smallest absolute Gasteiger partial charge is 0.227 e. The number of hydrogen-bond acceptors (Lipinski definition) is 3. The van der Waals surface area contributed by atoms with Gasteiger partial charge in [0, 0.05) is 22.8 Å². The zero-order chi connectivity index (χ0) is 13.8. The first kappa shape index (κ1) is 14.4. The zero-order valence-electron chi connectivity index (χ0n) is 10.2. The van der Waals surface area contributed by atoms with Gasteiger partial charge in [0.05, 0.1) is 16.3 Å². The number of rotatable bonds is 4. The number of nitrogens with zero attached hydrogens (tertiary/aromatic N) is 3. The second kappa shape index (κ2) is 6.47. The van der Waals surface area contributed by atoms with Crippen LogP contribution in [0.25, 0.3) is 0 Å². The normalized spacial score (nSPS) is 10.5. The Morgan fingerprint density at radius 3 is 2.84 bits per heavy atom. The highest BCUT2D eigenvalue weighted by atomic mass is 127. The van der Waals surface area contributed by atoms with Gasteiger partial charge in [-0.15, -0.1) is 0 Å². The average Bonchev–Trinajstić information content (AvgIpc) is 2.70. The maximum atomic E-state index is 11.8. The first-order valence-electron chi connectivity index (χ1n) is 5.65. The van der Waals surface area contributed by atoms with Gasteiger partial charge in [0.15, 0.2) is 0 Å². The summed E-state index contributed by atoms with van der Waals surface area (Å²) in [6.07, 6.45) is 3.82. The number of carbonyl (C=O) groups is 1. The Morgan fingerprint density at radius 2 is 2.26 bits per heavy atom. The fourth-order valence-corrected chi connectivity index (χ4v) is 2.15. The Labute approximate surface area is 133 Å². The monoisotopic (exact) mass is 434 g/mol. The molecule has 0 aliphatic rings. The lowest BCUT2D eigenvalue weighted by atomic mass is 10.3. The summed E-state index contributed by atoms with van der Waals surface area (Å²) in [5.41, 5.74) is 1.08. The second-order valence-electron chi connectivity index (χ2n) is 3.96. The molecule has 2 aromatic heterocycles. The molecule has 0 aromatic carbocycles. The molecule has 2 rings (SSSR count). The van der Waals surface area contributed by atoms with Crippen molar-refractivity contribution in [2.45, 2.75) is 19.9 Å². The molecule has 7 heteroatoms. The molecule has 0 bridgehead atoms. The molecule has 5 nitrogen and oxygen atoms in total. The van der Waals surface area contributed by atoms with Gasteiger partial charge in [0.1, 0.15) is 5.82 Å². The summed E-state index contributed by atoms with van der Waals surface area (Å²) in [6.45, 7) is 2.56. The van der Waals surface area contributed by atoms with Crippen LogP contribution in [0, 0.1) is 10.5 Å². The molecule has 0 radical (unpaired) electrons. The predicted molar refractivity (Wildman–Crippen MR) is 84.9 cm³/mol. The molecule has 2 aromatic rings. The van der Waals surface area contributed by atoms with E-state index in [9.17, 15) is 4.79 Å². The Bertz CT molecular complexity index is 582. The third-order valence-corrected chi connectivity index (χ3v) is 4.12. The van der Waals surface area contributed by atoms with Crippen molar-refractivity contribution in [2.75, 3.05) is 5.32 Å². The highest BCUT2D eigenvalue weighted by molar-refractivity contribution is 14.1. The molecule has 0 atom stereocenters. The topological polar surface area (TPSA) is 59.8 Å². The highest BCUT2D eigenvalue weighted by Crippen LogP contribution is 2.12. The van der Waals surface area contributed by atoms with Crippen molar-refractivity contribution in [3.63, 3.8) is 0 Å². The molecule has 0 fully saturated rings. The molecular formula is C12H12BrIN4O. The molecule has 2 heterocycles. The minimum Gasteiger partial charge on any atom is -0.311 e. The van der Waals surface area contributed by atoms with Crippen molar-refractivity contribution in [3.8, 4) is 0 Å². The van der Waals surface area contributed by atoms with Crippen LogP contribution in [0.5, 0.6) is 0 Å². The second-order valence-corrected chi connectivity index (χ2v) is 6.04. The molecule has 0 saturated heterocycles. The Hall–Kier alpha value is -0.960. The van der Waals surface area contributed by atoms with Crippen LogP contribution < -0.4 is 5.32 Å². The van der Waals surface area contributed by atoms with Crippen molar-refractivity contribution in [2.24, 2.45) is 0 Å². The number of hydrogen-bond donors (Lipinski definition) is 1. The molecule has 0 spiro atoms. The van der Waals surface area contributed by atoms with Crippen molar-refractivity contribution in [1.29, 1.82) is 0 Å². The number of halogens is 2. The summed E-state index contributed by atoms with van der Waals surface area (Å²) in [5.74, 6) is 0.486. The van der Waals surface area contributed by atoms with Crippen molar-refractivity contribution in [3.05, 3.63) is 38.3 Å². The fraction of sp³-hybridized carbons (Fsp3) is 0.250. The Balaban J connectivity index is 1.88. The van der Waals surface area contributed by atoms with Gasteiger partial charge in [0.2, 0.25) is 5.91 Å². The van der Waals surface area contributed by atoms with Crippen LogP contribution in [0.3, 0.4) is 0 Å². The standard InChI is InChI=1S/C12H12BrIN4O/c1-8-10(14)7-16-18(8)5-4-12(19)17-11-3-2-9(13)6-15-11/h2-3,6-7H,4-5H2,1H3,(H,15,17,19). The van der Waals surface area contributed by atoms with Crippen LogP contribution in [0.1, 0.15) is 12.1 Å². The number of aromatic nitrogens is 3. The van der Waals surface area contributed by atoms with E-state index in [0.717, 1.165) is 13.7 Å². The van der Waals surface area contributed by atoms with Crippen LogP contribution in [0.2, 0.25) is 0 Å². The molecule has 100 valence electrons. The van der Waals surface area contributed by atoms with Crippen molar-refractivity contribution >= 4 is 50.2 Å². The van der Waals surface area contributed by atoms with Gasteiger partial charge < -0.3 is 5.32 Å². The molecule has 0 aliphatic heterocycles. The van der Waals surface area contributed by atoms with Gasteiger partial charge in [-0.2, -0.15) is 5.10 Å². The third-order valence-electron chi connectivity index (χ3n) is 2.59. The lowest BCUT2D eigenvalue weighted by Crippen LogP contribution is -2.16. The van der Waals surface area contributed by atoms with Crippen LogP contribution in [0.15, 0.2) is 29.0 Å². The first-order chi connectivity index (χ1) is 9.06. The van der Waals surface area contributed by atoms with Crippen molar-refractivity contribution < 1.29 is 4.79 Å². The van der Waals surface area contributed by atoms with Gasteiger partial charge in [-0.25, -0.2) is 4.98 Å². The summed E-state index contributed by atoms with van der Waals surface area (Å²) in [5, 5.41) is 6.97. The third kappa shape index (κ3) is 4.00. The van der Waals surface area contributed by atoms with Gasteiger partial charge in [-0.05, 0) is 57.6 Å². The molecule has 1 N–H and O–H groups in total. The maximum absolute atomic E-state index is 11.8. The summed E-state index contributed by atoms with van der Waals surface area (Å²) < 4.78 is 3.82. The van der Waals surface area contributed by atoms with Crippen molar-refractivity contribution in [1.82, 2.24) is 14.8 Å². The molecule has 0 unspecified atom stereocenters. The van der Waals surface area contributed by atoms with E-state index in [4.69, 9.17) is 0 Å². The largest absolute Gasteiger partial charge is 0.311 e. The number of aryl methyl sites for hydroxylation is 1. The van der Waals surface area contributed by atoms with E-state index in [1.807, 2.05) is 17.7 Å². The van der Waals surface area contributed by atoms with Gasteiger partial charge >= 0.3 is 0 Å². The summed E-state index contributed by atoms with van der Waals surface area (Å²) >= 11 is 5.52. The number of pyridine rings is 1. The van der Waals surface area contributed by atoms with E-state index in [1.54, 1.807) is 18.5 Å². The lowest BCUT2D eigenvalue weighted by Gasteiger charge is -2.06. The van der Waals surface area contributed by atoms with Crippen LogP contribution in [-0.2, 0) is 11.3 Å². The van der Waals surface area contributed by atoms with E-state index in [1.165, 1.54) is 0 Å². The van der Waals surface area contributed by atoms with Gasteiger partial charge in [-0.1, -0.05) is 0 Å². The van der Waals surface area contributed by atoms with E-state index < -0.39 is 0 Å². The number of anilines is 1. The fourth-order valence-electron chi connectivity index (χ4n) is 1.51. The Morgan fingerprint density at radius 1 is 1.47 bits per heavy atom. The Kier molecular flexibility index (Phi) is 4.92. The quantitative estimate of drug-likeness (QED) is 0.752. The zero-order valence-corrected chi connectivity index (χ0v) is 14.0. The van der Waals surface area contributed by atoms with Crippen LogP contribution >= 0.6 is 38.5 Å². The van der Waals surface area contributed by atoms with E-state index in [-0.39, 0.29) is 5.91 Å². The summed E-state index contributed by atoms with van der Waals surface area (Å²) in [4.78, 5) is 15.9. The molecule has 1 amide bonds. The predicted octanol–water partition coefficient (Wildman–Crippen LogP) is 2.98. The summed E-state index contributed by atoms with van der Waals surface area (Å²) in [6, 6.07) is 3.59. The minimum atomic E-state index is -0.0697.